The monoisotopic (exact) mass is 455 g/mol. The molecule has 0 fully saturated rings. The van der Waals surface area contributed by atoms with Crippen LogP contribution in [0.2, 0.25) is 0 Å². The van der Waals surface area contributed by atoms with Gasteiger partial charge in [-0.2, -0.15) is 0 Å². The van der Waals surface area contributed by atoms with E-state index < -0.39 is 24.4 Å². The van der Waals surface area contributed by atoms with Crippen molar-refractivity contribution in [1.29, 1.82) is 0 Å². The average molecular weight is 455 g/mol. The zero-order chi connectivity index (χ0) is 24.4. The number of carboxylic acids is 2. The smallest absolute Gasteiger partial charge is 0.478 e. The van der Waals surface area contributed by atoms with Crippen LogP contribution < -0.4 is 10.6 Å². The van der Waals surface area contributed by atoms with Gasteiger partial charge in [-0.05, 0) is 35.4 Å². The highest BCUT2D eigenvalue weighted by Crippen LogP contribution is 2.11. The van der Waals surface area contributed by atoms with E-state index in [0.29, 0.717) is 11.1 Å². The Morgan fingerprint density at radius 2 is 1.18 bits per heavy atom. The zero-order valence-electron chi connectivity index (χ0n) is 18.1. The number of carbonyl (C=O) groups excluding carboxylic acids is 2. The molecule has 0 aliphatic rings. The van der Waals surface area contributed by atoms with E-state index in [1.165, 1.54) is 38.1 Å². The molecule has 173 valence electrons. The van der Waals surface area contributed by atoms with Gasteiger partial charge in [0.2, 0.25) is 11.8 Å². The number of hydrogen-bond acceptors (Lipinski definition) is 6. The van der Waals surface area contributed by atoms with Gasteiger partial charge in [0, 0.05) is 26.7 Å². The zero-order valence-corrected chi connectivity index (χ0v) is 18.1. The van der Waals surface area contributed by atoms with Crippen LogP contribution in [0.3, 0.4) is 0 Å². The highest BCUT2D eigenvalue weighted by atomic mass is 16.6. The summed E-state index contributed by atoms with van der Waals surface area (Å²) in [5, 5.41) is 23.5. The molecule has 0 spiro atoms. The van der Waals surface area contributed by atoms with Gasteiger partial charge in [-0.15, -0.1) is 0 Å². The largest absolute Gasteiger partial charge is 0.491 e. The number of nitrogens with one attached hydrogen (secondary N) is 2. The summed E-state index contributed by atoms with van der Waals surface area (Å²) in [7, 11) is 0.976. The van der Waals surface area contributed by atoms with Crippen LogP contribution in [0.15, 0.2) is 48.5 Å². The molecule has 2 atom stereocenters. The maximum Gasteiger partial charge on any atom is 0.491 e. The minimum absolute atomic E-state index is 0.101. The van der Waals surface area contributed by atoms with Crippen LogP contribution >= 0.6 is 0 Å². The second-order valence-electron chi connectivity index (χ2n) is 7.17. The molecule has 4 N–H and O–H groups in total. The molecule has 2 rings (SSSR count). The molecule has 1 radical (unpaired) electrons. The van der Waals surface area contributed by atoms with Gasteiger partial charge in [0.25, 0.3) is 0 Å². The van der Waals surface area contributed by atoms with Gasteiger partial charge in [0.15, 0.2) is 0 Å². The summed E-state index contributed by atoms with van der Waals surface area (Å²) in [5.41, 5.74) is 1.43. The molecule has 2 amide bonds. The summed E-state index contributed by atoms with van der Waals surface area (Å²) in [5.74, 6) is -2.89. The second kappa shape index (κ2) is 12.4. The van der Waals surface area contributed by atoms with Crippen molar-refractivity contribution >= 4 is 31.4 Å². The minimum atomic E-state index is -1.08. The van der Waals surface area contributed by atoms with E-state index in [4.69, 9.17) is 19.5 Å². The van der Waals surface area contributed by atoms with Crippen LogP contribution in [-0.4, -0.2) is 54.1 Å². The normalized spacial score (nSPS) is 12.3. The molecule has 0 aromatic heterocycles. The van der Waals surface area contributed by atoms with E-state index >= 15 is 0 Å². The summed E-state index contributed by atoms with van der Waals surface area (Å²) in [6, 6.07) is 12.4. The standard InChI is InChI=1S/C22H24BN2O8/c1-13(26)24-19(11-15-5-3-7-17(9-15)21(28)29)32-23-33-20(25-14(2)27)12-16-6-4-8-18(10-16)22(30)31/h3-10,19-20H,11-12H2,1-2H3,(H,24,26)(H,25,27)(H,28,29)(H,30,31). The van der Waals surface area contributed by atoms with Crippen LogP contribution in [-0.2, 0) is 31.7 Å². The highest BCUT2D eigenvalue weighted by Gasteiger charge is 2.18. The predicted octanol–water partition coefficient (Wildman–Crippen LogP) is 1.36. The molecule has 2 unspecified atom stereocenters. The van der Waals surface area contributed by atoms with E-state index in [1.807, 2.05) is 0 Å². The SMILES string of the molecule is CC(=O)NC(Cc1cccc(C(=O)O)c1)O[B]OC(Cc1cccc(C(=O)O)c1)NC(C)=O. The van der Waals surface area contributed by atoms with Gasteiger partial charge >= 0.3 is 19.6 Å². The molecule has 2 aromatic rings. The lowest BCUT2D eigenvalue weighted by Crippen LogP contribution is -2.42. The fourth-order valence-corrected chi connectivity index (χ4v) is 2.98. The molecule has 0 aliphatic carbocycles. The lowest BCUT2D eigenvalue weighted by atomic mass is 10.1. The minimum Gasteiger partial charge on any atom is -0.478 e. The van der Waals surface area contributed by atoms with Gasteiger partial charge in [-0.25, -0.2) is 9.59 Å². The van der Waals surface area contributed by atoms with Crippen LogP contribution in [0.25, 0.3) is 0 Å². The third-order valence-electron chi connectivity index (χ3n) is 4.36. The molecular weight excluding hydrogens is 431 g/mol. The summed E-state index contributed by atoms with van der Waals surface area (Å²) in [6.45, 7) is 2.61. The maximum absolute atomic E-state index is 11.5. The van der Waals surface area contributed by atoms with Crippen LogP contribution in [0.1, 0.15) is 45.7 Å². The highest BCUT2D eigenvalue weighted by molar-refractivity contribution is 6.18. The number of carbonyl (C=O) groups is 4. The van der Waals surface area contributed by atoms with Crippen molar-refractivity contribution < 1.29 is 38.7 Å². The van der Waals surface area contributed by atoms with Crippen molar-refractivity contribution in [1.82, 2.24) is 10.6 Å². The Balaban J connectivity index is 2.03. The first-order chi connectivity index (χ1) is 15.6. The first-order valence-corrected chi connectivity index (χ1v) is 9.95. The lowest BCUT2D eigenvalue weighted by Gasteiger charge is -2.22. The molecule has 10 nitrogen and oxygen atoms in total. The number of carboxylic acid groups (broad SMARTS) is 2. The molecule has 11 heteroatoms. The van der Waals surface area contributed by atoms with Crippen molar-refractivity contribution in [3.05, 3.63) is 70.8 Å². The van der Waals surface area contributed by atoms with Crippen molar-refractivity contribution in [2.24, 2.45) is 0 Å². The lowest BCUT2D eigenvalue weighted by molar-refractivity contribution is -0.121. The Morgan fingerprint density at radius 3 is 1.52 bits per heavy atom. The fraction of sp³-hybridized carbons (Fsp3) is 0.273. The van der Waals surface area contributed by atoms with Gasteiger partial charge < -0.3 is 30.2 Å². The van der Waals surface area contributed by atoms with Crippen LogP contribution in [0.4, 0.5) is 0 Å². The number of hydrogen-bond donors (Lipinski definition) is 4. The van der Waals surface area contributed by atoms with Crippen LogP contribution in [0, 0.1) is 0 Å². The molecule has 0 bridgehead atoms. The Morgan fingerprint density at radius 1 is 0.788 bits per heavy atom. The molecule has 2 aromatic carbocycles. The maximum atomic E-state index is 11.5. The van der Waals surface area contributed by atoms with Crippen LogP contribution in [0.5, 0.6) is 0 Å². The van der Waals surface area contributed by atoms with E-state index in [2.05, 4.69) is 10.6 Å². The summed E-state index contributed by atoms with van der Waals surface area (Å²) in [4.78, 5) is 45.4. The number of aromatic carboxylic acids is 2. The first-order valence-electron chi connectivity index (χ1n) is 9.95. The molecule has 0 saturated carbocycles. The van der Waals surface area contributed by atoms with Crippen molar-refractivity contribution in [3.63, 3.8) is 0 Å². The van der Waals surface area contributed by atoms with Gasteiger partial charge in [0.05, 0.1) is 11.1 Å². The summed E-state index contributed by atoms with van der Waals surface area (Å²) >= 11 is 0. The third-order valence-corrected chi connectivity index (χ3v) is 4.36. The van der Waals surface area contributed by atoms with E-state index in [9.17, 15) is 19.2 Å². The number of benzene rings is 2. The van der Waals surface area contributed by atoms with Crippen molar-refractivity contribution in [3.8, 4) is 0 Å². The fourth-order valence-electron chi connectivity index (χ4n) is 2.98. The van der Waals surface area contributed by atoms with Gasteiger partial charge in [-0.3, -0.25) is 9.59 Å². The molecule has 0 saturated heterocycles. The quantitative estimate of drug-likeness (QED) is 0.277. The Hall–Kier alpha value is -3.70. The van der Waals surface area contributed by atoms with E-state index in [0.717, 1.165) is 7.69 Å². The molecule has 0 aliphatic heterocycles. The average Bonchev–Trinajstić information content (AvgIpc) is 2.73. The molecule has 33 heavy (non-hydrogen) atoms. The van der Waals surface area contributed by atoms with Gasteiger partial charge in [0.1, 0.15) is 12.5 Å². The second-order valence-corrected chi connectivity index (χ2v) is 7.17. The molecular formula is C22H24BN2O8. The summed E-state index contributed by atoms with van der Waals surface area (Å²) < 4.78 is 11.0. The van der Waals surface area contributed by atoms with Crippen molar-refractivity contribution in [2.45, 2.75) is 39.1 Å². The van der Waals surface area contributed by atoms with E-state index in [1.54, 1.807) is 24.3 Å². The first kappa shape index (κ1) is 25.6. The Bertz CT molecular complexity index is 934. The predicted molar refractivity (Wildman–Crippen MR) is 117 cm³/mol. The molecule has 0 heterocycles. The number of rotatable bonds is 12. The van der Waals surface area contributed by atoms with Crippen molar-refractivity contribution in [2.75, 3.05) is 0 Å². The topological polar surface area (TPSA) is 151 Å². The van der Waals surface area contributed by atoms with E-state index in [-0.39, 0.29) is 35.8 Å². The Kier molecular flexibility index (Phi) is 9.58. The Labute approximate surface area is 191 Å². The third kappa shape index (κ3) is 9.13. The van der Waals surface area contributed by atoms with Gasteiger partial charge in [-0.1, -0.05) is 24.3 Å². The number of amides is 2. The summed E-state index contributed by atoms with van der Waals surface area (Å²) in [6.07, 6.45) is -1.40.